The normalized spacial score (nSPS) is 10.5. The molecule has 0 aliphatic heterocycles. The van der Waals surface area contributed by atoms with Crippen molar-refractivity contribution < 1.29 is 14.3 Å². The molecule has 7 nitrogen and oxygen atoms in total. The van der Waals surface area contributed by atoms with E-state index in [0.29, 0.717) is 29.0 Å². The van der Waals surface area contributed by atoms with Crippen LogP contribution in [0.3, 0.4) is 0 Å². The van der Waals surface area contributed by atoms with E-state index in [9.17, 15) is 4.79 Å². The molecule has 156 valence electrons. The van der Waals surface area contributed by atoms with E-state index in [-0.39, 0.29) is 11.7 Å². The molecular formula is C21H21BrN4O3S. The van der Waals surface area contributed by atoms with Gasteiger partial charge in [0.25, 0.3) is 0 Å². The minimum absolute atomic E-state index is 0.126. The van der Waals surface area contributed by atoms with Gasteiger partial charge in [0, 0.05) is 22.3 Å². The van der Waals surface area contributed by atoms with Gasteiger partial charge in [-0.05, 0) is 36.4 Å². The van der Waals surface area contributed by atoms with Crippen LogP contribution in [0.5, 0.6) is 11.5 Å². The van der Waals surface area contributed by atoms with Crippen molar-refractivity contribution in [2.45, 2.75) is 11.7 Å². The van der Waals surface area contributed by atoms with Gasteiger partial charge in [-0.2, -0.15) is 0 Å². The number of hydrogen-bond acceptors (Lipinski definition) is 6. The summed E-state index contributed by atoms with van der Waals surface area (Å²) in [6.07, 6.45) is 1.76. The van der Waals surface area contributed by atoms with Gasteiger partial charge in [-0.1, -0.05) is 39.8 Å². The molecule has 0 spiro atoms. The van der Waals surface area contributed by atoms with Crippen molar-refractivity contribution in [3.05, 3.63) is 59.6 Å². The largest absolute Gasteiger partial charge is 0.493 e. The van der Waals surface area contributed by atoms with Gasteiger partial charge in [0.1, 0.15) is 0 Å². The van der Waals surface area contributed by atoms with Crippen molar-refractivity contribution in [2.24, 2.45) is 0 Å². The molecular weight excluding hydrogens is 468 g/mol. The van der Waals surface area contributed by atoms with Gasteiger partial charge in [0.05, 0.1) is 20.0 Å². The number of rotatable bonds is 9. The number of carbonyl (C=O) groups excluding carboxylic acids is 1. The molecule has 1 N–H and O–H groups in total. The highest BCUT2D eigenvalue weighted by molar-refractivity contribution is 9.10. The standard InChI is InChI=1S/C21H21BrN4O3S/c1-4-10-26-20(14-8-9-17(28-2)18(11-14)29-3)24-25-21(26)30-13-19(27)23-16-7-5-6-15(22)12-16/h4-9,11-12H,1,10,13H2,2-3H3,(H,23,27). The summed E-state index contributed by atoms with van der Waals surface area (Å²) in [5.74, 6) is 1.97. The molecule has 0 aliphatic rings. The predicted octanol–water partition coefficient (Wildman–Crippen LogP) is 4.64. The third kappa shape index (κ3) is 5.22. The van der Waals surface area contributed by atoms with Crippen LogP contribution in [-0.4, -0.2) is 40.6 Å². The Hall–Kier alpha value is -2.78. The number of nitrogens with one attached hydrogen (secondary N) is 1. The smallest absolute Gasteiger partial charge is 0.234 e. The molecule has 0 fully saturated rings. The van der Waals surface area contributed by atoms with Crippen molar-refractivity contribution in [3.63, 3.8) is 0 Å². The Labute approximate surface area is 187 Å². The lowest BCUT2D eigenvalue weighted by atomic mass is 10.2. The Bertz CT molecular complexity index is 1050. The van der Waals surface area contributed by atoms with E-state index in [1.165, 1.54) is 11.8 Å². The molecule has 3 aromatic rings. The minimum atomic E-state index is -0.126. The Morgan fingerprint density at radius 1 is 1.20 bits per heavy atom. The lowest BCUT2D eigenvalue weighted by molar-refractivity contribution is -0.113. The maximum absolute atomic E-state index is 12.3. The van der Waals surface area contributed by atoms with Crippen molar-refractivity contribution in [1.29, 1.82) is 0 Å². The van der Waals surface area contributed by atoms with Crippen molar-refractivity contribution in [2.75, 3.05) is 25.3 Å². The molecule has 0 atom stereocenters. The fraction of sp³-hybridized carbons (Fsp3) is 0.190. The summed E-state index contributed by atoms with van der Waals surface area (Å²) in [6, 6.07) is 13.0. The Morgan fingerprint density at radius 3 is 2.70 bits per heavy atom. The first kappa shape index (κ1) is 21.9. The van der Waals surface area contributed by atoms with Crippen LogP contribution in [0.4, 0.5) is 5.69 Å². The molecule has 0 radical (unpaired) electrons. The van der Waals surface area contributed by atoms with E-state index in [0.717, 1.165) is 15.7 Å². The molecule has 30 heavy (non-hydrogen) atoms. The molecule has 1 heterocycles. The summed E-state index contributed by atoms with van der Waals surface area (Å²) in [5, 5.41) is 12.1. The van der Waals surface area contributed by atoms with Gasteiger partial charge in [-0.3, -0.25) is 9.36 Å². The number of nitrogens with zero attached hydrogens (tertiary/aromatic N) is 3. The summed E-state index contributed by atoms with van der Waals surface area (Å²) >= 11 is 4.71. The highest BCUT2D eigenvalue weighted by Crippen LogP contribution is 2.33. The van der Waals surface area contributed by atoms with Crippen LogP contribution in [0, 0.1) is 0 Å². The third-order valence-corrected chi connectivity index (χ3v) is 5.57. The average molecular weight is 489 g/mol. The van der Waals surface area contributed by atoms with Crippen molar-refractivity contribution in [1.82, 2.24) is 14.8 Å². The van der Waals surface area contributed by atoms with Gasteiger partial charge >= 0.3 is 0 Å². The van der Waals surface area contributed by atoms with Gasteiger partial charge in [0.15, 0.2) is 22.5 Å². The van der Waals surface area contributed by atoms with Crippen LogP contribution >= 0.6 is 27.7 Å². The van der Waals surface area contributed by atoms with Gasteiger partial charge in [-0.15, -0.1) is 16.8 Å². The average Bonchev–Trinajstić information content (AvgIpc) is 3.14. The Kier molecular flexibility index (Phi) is 7.53. The van der Waals surface area contributed by atoms with Gasteiger partial charge in [0.2, 0.25) is 5.91 Å². The number of hydrogen-bond donors (Lipinski definition) is 1. The van der Waals surface area contributed by atoms with Gasteiger partial charge in [-0.25, -0.2) is 0 Å². The molecule has 1 amide bonds. The lowest BCUT2D eigenvalue weighted by Gasteiger charge is -2.11. The molecule has 0 saturated heterocycles. The molecule has 0 unspecified atom stereocenters. The maximum atomic E-state index is 12.3. The predicted molar refractivity (Wildman–Crippen MR) is 122 cm³/mol. The highest BCUT2D eigenvalue weighted by Gasteiger charge is 2.17. The third-order valence-electron chi connectivity index (χ3n) is 4.11. The zero-order valence-electron chi connectivity index (χ0n) is 16.6. The van der Waals surface area contributed by atoms with Crippen molar-refractivity contribution >= 4 is 39.3 Å². The quantitative estimate of drug-likeness (QED) is 0.349. The number of amides is 1. The van der Waals surface area contributed by atoms with Crippen molar-refractivity contribution in [3.8, 4) is 22.9 Å². The number of anilines is 1. The molecule has 3 rings (SSSR count). The van der Waals surface area contributed by atoms with E-state index in [1.54, 1.807) is 20.3 Å². The number of carbonyl (C=O) groups is 1. The first-order valence-corrected chi connectivity index (χ1v) is 10.8. The van der Waals surface area contributed by atoms with E-state index in [2.05, 4.69) is 38.0 Å². The first-order chi connectivity index (χ1) is 14.5. The Morgan fingerprint density at radius 2 is 2.00 bits per heavy atom. The second kappa shape index (κ2) is 10.3. The van der Waals surface area contributed by atoms with E-state index >= 15 is 0 Å². The molecule has 0 saturated carbocycles. The van der Waals surface area contributed by atoms with Gasteiger partial charge < -0.3 is 14.8 Å². The van der Waals surface area contributed by atoms with E-state index in [1.807, 2.05) is 47.0 Å². The molecule has 9 heteroatoms. The molecule has 2 aromatic carbocycles. The maximum Gasteiger partial charge on any atom is 0.234 e. The molecule has 0 bridgehead atoms. The SMILES string of the molecule is C=CCn1c(SCC(=O)Nc2cccc(Br)c2)nnc1-c1ccc(OC)c(OC)c1. The van der Waals surface area contributed by atoms with E-state index < -0.39 is 0 Å². The number of halogens is 1. The summed E-state index contributed by atoms with van der Waals surface area (Å²) in [7, 11) is 3.17. The van der Waals surface area contributed by atoms with Crippen LogP contribution < -0.4 is 14.8 Å². The van der Waals surface area contributed by atoms with Crippen LogP contribution in [0.1, 0.15) is 0 Å². The molecule has 0 aliphatic carbocycles. The summed E-state index contributed by atoms with van der Waals surface area (Å²) in [6.45, 7) is 4.32. The zero-order valence-corrected chi connectivity index (χ0v) is 19.0. The van der Waals surface area contributed by atoms with E-state index in [4.69, 9.17) is 9.47 Å². The second-order valence-corrected chi connectivity index (χ2v) is 7.98. The second-order valence-electron chi connectivity index (χ2n) is 6.12. The summed E-state index contributed by atoms with van der Waals surface area (Å²) in [4.78, 5) is 12.3. The van der Waals surface area contributed by atoms with Crippen LogP contribution in [0.2, 0.25) is 0 Å². The number of benzene rings is 2. The number of methoxy groups -OCH3 is 2. The number of thioether (sulfide) groups is 1. The fourth-order valence-electron chi connectivity index (χ4n) is 2.77. The number of ether oxygens (including phenoxy) is 2. The van der Waals surface area contributed by atoms with Crippen LogP contribution in [0.15, 0.2) is 64.7 Å². The topological polar surface area (TPSA) is 78.3 Å². The highest BCUT2D eigenvalue weighted by atomic mass is 79.9. The number of aromatic nitrogens is 3. The Balaban J connectivity index is 1.77. The summed E-state index contributed by atoms with van der Waals surface area (Å²) < 4.78 is 13.5. The monoisotopic (exact) mass is 488 g/mol. The van der Waals surface area contributed by atoms with Crippen LogP contribution in [-0.2, 0) is 11.3 Å². The molecule has 1 aromatic heterocycles. The first-order valence-electron chi connectivity index (χ1n) is 9.00. The zero-order chi connectivity index (χ0) is 21.5. The fourth-order valence-corrected chi connectivity index (χ4v) is 3.92. The minimum Gasteiger partial charge on any atom is -0.493 e. The van der Waals surface area contributed by atoms with Crippen LogP contribution in [0.25, 0.3) is 11.4 Å². The lowest BCUT2D eigenvalue weighted by Crippen LogP contribution is -2.14. The number of allylic oxidation sites excluding steroid dienone is 1. The summed E-state index contributed by atoms with van der Waals surface area (Å²) in [5.41, 5.74) is 1.56.